The van der Waals surface area contributed by atoms with Crippen LogP contribution in [0, 0.1) is 5.82 Å². The molecule has 2 aliphatic rings. The van der Waals surface area contributed by atoms with E-state index in [1.54, 1.807) is 23.9 Å². The first-order chi connectivity index (χ1) is 11.2. The Kier molecular flexibility index (Phi) is 4.11. The quantitative estimate of drug-likeness (QED) is 0.924. The Bertz CT molecular complexity index is 701. The molecule has 122 valence electrons. The highest BCUT2D eigenvalue weighted by molar-refractivity contribution is 7.99. The van der Waals surface area contributed by atoms with Gasteiger partial charge in [0, 0.05) is 11.3 Å². The second-order valence-corrected chi connectivity index (χ2v) is 7.60. The van der Waals surface area contributed by atoms with Crippen LogP contribution in [0.2, 0.25) is 0 Å². The van der Waals surface area contributed by atoms with Gasteiger partial charge in [0.15, 0.2) is 11.0 Å². The molecule has 4 nitrogen and oxygen atoms in total. The number of hydrogen-bond donors (Lipinski definition) is 1. The van der Waals surface area contributed by atoms with Crippen molar-refractivity contribution in [3.63, 3.8) is 0 Å². The van der Waals surface area contributed by atoms with Crippen molar-refractivity contribution in [1.82, 2.24) is 14.8 Å². The average molecular weight is 333 g/mol. The number of nitrogens with zero attached hydrogens (tertiary/aromatic N) is 3. The fraction of sp³-hybridized carbons (Fsp3) is 0.529. The molecule has 2 fully saturated rings. The Morgan fingerprint density at radius 3 is 2.61 bits per heavy atom. The SMILES string of the molecule is OC1CCCCC1Sc1nnc(-c2ccccc2F)n1C1CC1. The average Bonchev–Trinajstić information content (AvgIpc) is 3.31. The van der Waals surface area contributed by atoms with Crippen LogP contribution in [0.15, 0.2) is 29.4 Å². The predicted molar refractivity (Wildman–Crippen MR) is 87.8 cm³/mol. The van der Waals surface area contributed by atoms with Crippen LogP contribution < -0.4 is 0 Å². The van der Waals surface area contributed by atoms with Gasteiger partial charge < -0.3 is 5.11 Å². The minimum absolute atomic E-state index is 0.166. The molecule has 2 atom stereocenters. The number of aliphatic hydroxyl groups excluding tert-OH is 1. The van der Waals surface area contributed by atoms with Crippen molar-refractivity contribution in [2.45, 2.75) is 61.1 Å². The summed E-state index contributed by atoms with van der Waals surface area (Å²) in [7, 11) is 0. The van der Waals surface area contributed by atoms with Crippen molar-refractivity contribution in [3.05, 3.63) is 30.1 Å². The molecular weight excluding hydrogens is 313 g/mol. The predicted octanol–water partition coefficient (Wildman–Crippen LogP) is 3.81. The van der Waals surface area contributed by atoms with Crippen LogP contribution in [0.5, 0.6) is 0 Å². The summed E-state index contributed by atoms with van der Waals surface area (Å²) in [4.78, 5) is 0. The van der Waals surface area contributed by atoms with Gasteiger partial charge in [-0.25, -0.2) is 4.39 Å². The lowest BCUT2D eigenvalue weighted by atomic mass is 9.97. The molecule has 0 radical (unpaired) electrons. The summed E-state index contributed by atoms with van der Waals surface area (Å²) >= 11 is 1.61. The molecule has 23 heavy (non-hydrogen) atoms. The molecule has 4 rings (SSSR count). The second kappa shape index (κ2) is 6.24. The van der Waals surface area contributed by atoms with Gasteiger partial charge in [-0.3, -0.25) is 4.57 Å². The third-order valence-electron chi connectivity index (χ3n) is 4.62. The Balaban J connectivity index is 1.67. The number of aromatic nitrogens is 3. The normalized spacial score (nSPS) is 24.8. The fourth-order valence-corrected chi connectivity index (χ4v) is 4.48. The van der Waals surface area contributed by atoms with Gasteiger partial charge in [-0.15, -0.1) is 10.2 Å². The van der Waals surface area contributed by atoms with Crippen molar-refractivity contribution in [1.29, 1.82) is 0 Å². The van der Waals surface area contributed by atoms with Gasteiger partial charge in [0.25, 0.3) is 0 Å². The smallest absolute Gasteiger partial charge is 0.192 e. The maximum absolute atomic E-state index is 14.1. The minimum Gasteiger partial charge on any atom is -0.392 e. The molecule has 2 saturated carbocycles. The zero-order valence-corrected chi connectivity index (χ0v) is 13.7. The lowest BCUT2D eigenvalue weighted by molar-refractivity contribution is 0.136. The molecule has 0 bridgehead atoms. The van der Waals surface area contributed by atoms with E-state index in [1.165, 1.54) is 6.07 Å². The third kappa shape index (κ3) is 3.02. The maximum Gasteiger partial charge on any atom is 0.192 e. The van der Waals surface area contributed by atoms with Crippen LogP contribution in [-0.4, -0.2) is 31.2 Å². The third-order valence-corrected chi connectivity index (χ3v) is 5.96. The van der Waals surface area contributed by atoms with Gasteiger partial charge in [0.05, 0.1) is 11.7 Å². The second-order valence-electron chi connectivity index (χ2n) is 6.40. The summed E-state index contributed by atoms with van der Waals surface area (Å²) in [6.45, 7) is 0. The van der Waals surface area contributed by atoms with E-state index in [2.05, 4.69) is 14.8 Å². The highest BCUT2D eigenvalue weighted by Crippen LogP contribution is 2.43. The van der Waals surface area contributed by atoms with Crippen molar-refractivity contribution in [2.24, 2.45) is 0 Å². The highest BCUT2D eigenvalue weighted by atomic mass is 32.2. The molecule has 1 N–H and O–H groups in total. The van der Waals surface area contributed by atoms with E-state index in [9.17, 15) is 9.50 Å². The van der Waals surface area contributed by atoms with E-state index in [0.717, 1.165) is 43.7 Å². The molecular formula is C17H20FN3OS. The van der Waals surface area contributed by atoms with Gasteiger partial charge in [0.1, 0.15) is 5.82 Å². The zero-order chi connectivity index (χ0) is 15.8. The number of thioether (sulfide) groups is 1. The Morgan fingerprint density at radius 1 is 1.09 bits per heavy atom. The van der Waals surface area contributed by atoms with E-state index < -0.39 is 0 Å². The highest BCUT2D eigenvalue weighted by Gasteiger charge is 2.33. The lowest BCUT2D eigenvalue weighted by Crippen LogP contribution is -2.27. The van der Waals surface area contributed by atoms with E-state index in [4.69, 9.17) is 0 Å². The van der Waals surface area contributed by atoms with Crippen LogP contribution in [0.1, 0.15) is 44.6 Å². The number of rotatable bonds is 4. The topological polar surface area (TPSA) is 50.9 Å². The van der Waals surface area contributed by atoms with Crippen LogP contribution in [0.3, 0.4) is 0 Å². The molecule has 1 heterocycles. The van der Waals surface area contributed by atoms with Gasteiger partial charge in [-0.05, 0) is 37.8 Å². The fourth-order valence-electron chi connectivity index (χ4n) is 3.20. The number of benzene rings is 1. The monoisotopic (exact) mass is 333 g/mol. The van der Waals surface area contributed by atoms with Crippen LogP contribution in [-0.2, 0) is 0 Å². The summed E-state index contributed by atoms with van der Waals surface area (Å²) in [6.07, 6.45) is 5.98. The number of aliphatic hydroxyl groups is 1. The summed E-state index contributed by atoms with van der Waals surface area (Å²) in [5.74, 6) is 0.342. The van der Waals surface area contributed by atoms with E-state index in [-0.39, 0.29) is 17.2 Å². The van der Waals surface area contributed by atoms with E-state index in [1.807, 2.05) is 6.07 Å². The summed E-state index contributed by atoms with van der Waals surface area (Å²) in [5, 5.41) is 19.8. The van der Waals surface area contributed by atoms with Crippen LogP contribution >= 0.6 is 11.8 Å². The molecule has 0 saturated heterocycles. The summed E-state index contributed by atoms with van der Waals surface area (Å²) < 4.78 is 16.2. The Hall–Kier alpha value is -1.40. The summed E-state index contributed by atoms with van der Waals surface area (Å²) in [6, 6.07) is 7.08. The van der Waals surface area contributed by atoms with Crippen molar-refractivity contribution in [2.75, 3.05) is 0 Å². The van der Waals surface area contributed by atoms with Gasteiger partial charge in [0.2, 0.25) is 0 Å². The van der Waals surface area contributed by atoms with E-state index >= 15 is 0 Å². The molecule has 2 aliphatic carbocycles. The first kappa shape index (κ1) is 15.1. The van der Waals surface area contributed by atoms with E-state index in [0.29, 0.717) is 17.4 Å². The largest absolute Gasteiger partial charge is 0.392 e. The van der Waals surface area contributed by atoms with Gasteiger partial charge in [-0.2, -0.15) is 0 Å². The lowest BCUT2D eigenvalue weighted by Gasteiger charge is -2.26. The molecule has 0 amide bonds. The molecule has 1 aromatic heterocycles. The first-order valence-electron chi connectivity index (χ1n) is 8.28. The molecule has 1 aromatic carbocycles. The van der Waals surface area contributed by atoms with Crippen LogP contribution in [0.4, 0.5) is 4.39 Å². The standard InChI is InChI=1S/C17H20FN3OS/c18-13-6-2-1-5-12(13)16-19-20-17(21(16)11-9-10-11)23-15-8-4-3-7-14(15)22/h1-2,5-6,11,14-15,22H,3-4,7-10H2. The van der Waals surface area contributed by atoms with Crippen molar-refractivity contribution >= 4 is 11.8 Å². The van der Waals surface area contributed by atoms with Gasteiger partial charge in [-0.1, -0.05) is 36.7 Å². The van der Waals surface area contributed by atoms with Crippen molar-refractivity contribution < 1.29 is 9.50 Å². The molecule has 6 heteroatoms. The number of halogens is 1. The van der Waals surface area contributed by atoms with Crippen LogP contribution in [0.25, 0.3) is 11.4 Å². The molecule has 0 aliphatic heterocycles. The Morgan fingerprint density at radius 2 is 1.87 bits per heavy atom. The molecule has 2 aromatic rings. The minimum atomic E-state index is -0.282. The zero-order valence-electron chi connectivity index (χ0n) is 12.9. The molecule has 0 spiro atoms. The molecule has 2 unspecified atom stereocenters. The van der Waals surface area contributed by atoms with Gasteiger partial charge >= 0.3 is 0 Å². The first-order valence-corrected chi connectivity index (χ1v) is 9.16. The summed E-state index contributed by atoms with van der Waals surface area (Å²) in [5.41, 5.74) is 0.503. The maximum atomic E-state index is 14.1. The Labute approximate surface area is 139 Å². The van der Waals surface area contributed by atoms with Crippen molar-refractivity contribution in [3.8, 4) is 11.4 Å². The number of hydrogen-bond acceptors (Lipinski definition) is 4.